The third kappa shape index (κ3) is 2.12. The van der Waals surface area contributed by atoms with Crippen molar-refractivity contribution in [2.24, 2.45) is 0 Å². The number of hydrogen-bond donors (Lipinski definition) is 0. The molecule has 6 heteroatoms. The molecule has 0 aliphatic rings. The molecule has 0 heterocycles. The number of rotatable bonds is 3. The largest absolute Gasteiger partial charge is 0.460 e. The highest BCUT2D eigenvalue weighted by Gasteiger charge is 2.17. The van der Waals surface area contributed by atoms with E-state index in [2.05, 4.69) is 4.74 Å². The second-order valence-electron chi connectivity index (χ2n) is 2.36. The fourth-order valence-corrected chi connectivity index (χ4v) is 0.881. The fourth-order valence-electron chi connectivity index (χ4n) is 0.881. The first-order valence-corrected chi connectivity index (χ1v) is 3.52. The van der Waals surface area contributed by atoms with Crippen molar-refractivity contribution < 1.29 is 26.7 Å². The van der Waals surface area contributed by atoms with E-state index in [1.54, 1.807) is 0 Å². The molecule has 0 N–H and O–H groups in total. The van der Waals surface area contributed by atoms with Crippen LogP contribution in [0.15, 0.2) is 12.1 Å². The van der Waals surface area contributed by atoms with Crippen LogP contribution < -0.4 is 4.74 Å². The molecule has 0 aliphatic heterocycles. The van der Waals surface area contributed by atoms with E-state index < -0.39 is 36.2 Å². The fraction of sp³-hybridized carbons (Fsp3) is 0.250. The van der Waals surface area contributed by atoms with Crippen LogP contribution in [0, 0.1) is 11.6 Å². The Balaban J connectivity index is 3.10. The molecule has 0 fully saturated rings. The zero-order valence-electron chi connectivity index (χ0n) is 6.74. The Kier molecular flexibility index (Phi) is 3.27. The van der Waals surface area contributed by atoms with Crippen LogP contribution in [0.5, 0.6) is 5.75 Å². The van der Waals surface area contributed by atoms with Gasteiger partial charge < -0.3 is 4.74 Å². The van der Waals surface area contributed by atoms with Gasteiger partial charge in [0.05, 0.1) is 5.56 Å². The SMILES string of the molecule is FCOc1cc(F)c(C(F)F)cc1F. The molecule has 0 aromatic heterocycles. The summed E-state index contributed by atoms with van der Waals surface area (Å²) in [5.41, 5.74) is -1.08. The predicted molar refractivity (Wildman–Crippen MR) is 37.9 cm³/mol. The van der Waals surface area contributed by atoms with E-state index in [-0.39, 0.29) is 6.07 Å². The number of ether oxygens (including phenoxy) is 1. The molecule has 1 nitrogen and oxygen atoms in total. The Morgan fingerprint density at radius 3 is 2.29 bits per heavy atom. The Hall–Kier alpha value is -1.33. The summed E-state index contributed by atoms with van der Waals surface area (Å²) in [5.74, 6) is -3.28. The zero-order chi connectivity index (χ0) is 10.7. The van der Waals surface area contributed by atoms with Crippen molar-refractivity contribution in [3.05, 3.63) is 29.3 Å². The van der Waals surface area contributed by atoms with Crippen molar-refractivity contribution in [2.45, 2.75) is 6.43 Å². The van der Waals surface area contributed by atoms with Gasteiger partial charge in [-0.3, -0.25) is 0 Å². The van der Waals surface area contributed by atoms with Crippen molar-refractivity contribution in [3.63, 3.8) is 0 Å². The number of halogens is 5. The lowest BCUT2D eigenvalue weighted by Gasteiger charge is -2.06. The van der Waals surface area contributed by atoms with Crippen LogP contribution in [-0.2, 0) is 0 Å². The maximum absolute atomic E-state index is 12.8. The topological polar surface area (TPSA) is 9.23 Å². The highest BCUT2D eigenvalue weighted by atomic mass is 19.3. The van der Waals surface area contributed by atoms with Crippen LogP contribution in [0.1, 0.15) is 12.0 Å². The molecule has 0 radical (unpaired) electrons. The summed E-state index contributed by atoms with van der Waals surface area (Å²) in [4.78, 5) is 0. The minimum absolute atomic E-state index is 0.283. The third-order valence-electron chi connectivity index (χ3n) is 1.50. The summed E-state index contributed by atoms with van der Waals surface area (Å²) in [5, 5.41) is 0. The van der Waals surface area contributed by atoms with E-state index in [1.165, 1.54) is 0 Å². The summed E-state index contributed by atoms with van der Waals surface area (Å²) < 4.78 is 65.2. The van der Waals surface area contributed by atoms with Crippen LogP contribution in [0.4, 0.5) is 22.0 Å². The number of alkyl halides is 3. The highest BCUT2D eigenvalue weighted by Crippen LogP contribution is 2.28. The molecule has 0 atom stereocenters. The van der Waals surface area contributed by atoms with Gasteiger partial charge in [0.15, 0.2) is 11.6 Å². The van der Waals surface area contributed by atoms with E-state index in [9.17, 15) is 22.0 Å². The van der Waals surface area contributed by atoms with Crippen molar-refractivity contribution in [2.75, 3.05) is 6.86 Å². The number of benzene rings is 1. The van der Waals surface area contributed by atoms with Crippen molar-refractivity contribution in [1.29, 1.82) is 0 Å². The molecule has 0 saturated heterocycles. The van der Waals surface area contributed by atoms with Gasteiger partial charge in [0.1, 0.15) is 5.82 Å². The highest BCUT2D eigenvalue weighted by molar-refractivity contribution is 5.31. The lowest BCUT2D eigenvalue weighted by Crippen LogP contribution is -1.98. The molecular formula is C8H5F5O. The second kappa shape index (κ2) is 4.26. The lowest BCUT2D eigenvalue weighted by atomic mass is 10.2. The molecular weight excluding hydrogens is 207 g/mol. The molecule has 0 spiro atoms. The van der Waals surface area contributed by atoms with Gasteiger partial charge in [0.2, 0.25) is 6.86 Å². The molecule has 0 saturated carbocycles. The standard InChI is InChI=1S/C8H5F5O/c9-3-14-7-2-5(10)4(8(12)13)1-6(7)11/h1-2,8H,3H2. The van der Waals surface area contributed by atoms with Gasteiger partial charge >= 0.3 is 0 Å². The van der Waals surface area contributed by atoms with E-state index in [0.717, 1.165) is 0 Å². The van der Waals surface area contributed by atoms with Crippen LogP contribution >= 0.6 is 0 Å². The summed E-state index contributed by atoms with van der Waals surface area (Å²) in [6.45, 7) is -1.36. The molecule has 78 valence electrons. The summed E-state index contributed by atoms with van der Waals surface area (Å²) in [6.07, 6.45) is -3.12. The van der Waals surface area contributed by atoms with Gasteiger partial charge in [-0.05, 0) is 6.07 Å². The Morgan fingerprint density at radius 1 is 1.14 bits per heavy atom. The van der Waals surface area contributed by atoms with Crippen LogP contribution in [0.2, 0.25) is 0 Å². The quantitative estimate of drug-likeness (QED) is 0.699. The van der Waals surface area contributed by atoms with Gasteiger partial charge in [-0.1, -0.05) is 0 Å². The van der Waals surface area contributed by atoms with Gasteiger partial charge in [-0.25, -0.2) is 22.0 Å². The van der Waals surface area contributed by atoms with E-state index >= 15 is 0 Å². The first kappa shape index (κ1) is 10.7. The molecule has 1 rings (SSSR count). The average Bonchev–Trinajstić information content (AvgIpc) is 2.10. The summed E-state index contributed by atoms with van der Waals surface area (Å²) in [7, 11) is 0. The van der Waals surface area contributed by atoms with Crippen molar-refractivity contribution in [3.8, 4) is 5.75 Å². The number of hydrogen-bond acceptors (Lipinski definition) is 1. The van der Waals surface area contributed by atoms with Gasteiger partial charge in [0.25, 0.3) is 6.43 Å². The Labute approximate surface area is 76.1 Å². The normalized spacial score (nSPS) is 10.7. The van der Waals surface area contributed by atoms with Crippen molar-refractivity contribution in [1.82, 2.24) is 0 Å². The van der Waals surface area contributed by atoms with Crippen LogP contribution in [-0.4, -0.2) is 6.86 Å². The summed E-state index contributed by atoms with van der Waals surface area (Å²) >= 11 is 0. The molecule has 0 unspecified atom stereocenters. The molecule has 1 aromatic rings. The first-order chi connectivity index (χ1) is 6.56. The minimum Gasteiger partial charge on any atom is -0.460 e. The minimum atomic E-state index is -3.12. The molecule has 1 aromatic carbocycles. The monoisotopic (exact) mass is 212 g/mol. The van der Waals surface area contributed by atoms with Gasteiger partial charge in [0, 0.05) is 6.07 Å². The molecule has 0 bridgehead atoms. The van der Waals surface area contributed by atoms with Crippen LogP contribution in [0.25, 0.3) is 0 Å². The molecule has 0 aliphatic carbocycles. The average molecular weight is 212 g/mol. The van der Waals surface area contributed by atoms with Crippen molar-refractivity contribution >= 4 is 0 Å². The maximum atomic E-state index is 12.8. The van der Waals surface area contributed by atoms with E-state index in [0.29, 0.717) is 6.07 Å². The lowest BCUT2D eigenvalue weighted by molar-refractivity contribution is 0.144. The predicted octanol–water partition coefficient (Wildman–Crippen LogP) is 3.21. The molecule has 0 amide bonds. The second-order valence-corrected chi connectivity index (χ2v) is 2.36. The smallest absolute Gasteiger partial charge is 0.266 e. The van der Waals surface area contributed by atoms with Gasteiger partial charge in [-0.2, -0.15) is 0 Å². The van der Waals surface area contributed by atoms with E-state index in [1.807, 2.05) is 0 Å². The Morgan fingerprint density at radius 2 is 1.79 bits per heavy atom. The maximum Gasteiger partial charge on any atom is 0.266 e. The van der Waals surface area contributed by atoms with E-state index in [4.69, 9.17) is 0 Å². The summed E-state index contributed by atoms with van der Waals surface area (Å²) in [6, 6.07) is 0.668. The van der Waals surface area contributed by atoms with Crippen LogP contribution in [0.3, 0.4) is 0 Å². The first-order valence-electron chi connectivity index (χ1n) is 3.52. The Bertz CT molecular complexity index is 326. The molecule has 14 heavy (non-hydrogen) atoms. The van der Waals surface area contributed by atoms with Gasteiger partial charge in [-0.15, -0.1) is 0 Å². The third-order valence-corrected chi connectivity index (χ3v) is 1.50. The zero-order valence-corrected chi connectivity index (χ0v) is 6.74.